The molecule has 0 aliphatic carbocycles. The van der Waals surface area contributed by atoms with E-state index in [1.807, 2.05) is 0 Å². The van der Waals surface area contributed by atoms with Crippen LogP contribution >= 0.6 is 0 Å². The molecule has 0 saturated heterocycles. The van der Waals surface area contributed by atoms with E-state index in [4.69, 9.17) is 5.11 Å². The van der Waals surface area contributed by atoms with Gasteiger partial charge in [-0.2, -0.15) is 0 Å². The third kappa shape index (κ3) is 3.94. The Balaban J connectivity index is 0.00000240. The van der Waals surface area contributed by atoms with Gasteiger partial charge >= 0.3 is 29.0 Å². The van der Waals surface area contributed by atoms with Crippen molar-refractivity contribution in [3.8, 4) is 40.0 Å². The zero-order valence-electron chi connectivity index (χ0n) is 15.2. The fourth-order valence-corrected chi connectivity index (χ4v) is 2.85. The van der Waals surface area contributed by atoms with Crippen LogP contribution < -0.4 is 0 Å². The summed E-state index contributed by atoms with van der Waals surface area (Å²) in [5.41, 5.74) is 1.62. The molecule has 0 amide bonds. The van der Waals surface area contributed by atoms with Crippen molar-refractivity contribution >= 4 is 29.0 Å². The van der Waals surface area contributed by atoms with E-state index >= 15 is 0 Å². The van der Waals surface area contributed by atoms with Crippen molar-refractivity contribution in [1.29, 1.82) is 0 Å². The van der Waals surface area contributed by atoms with Crippen LogP contribution in [-0.4, -0.2) is 59.1 Å². The minimum absolute atomic E-state index is 0. The number of phenols is 2. The summed E-state index contributed by atoms with van der Waals surface area (Å²) in [7, 11) is 0. The molecular formula is C21H15MgN3O4+2. The van der Waals surface area contributed by atoms with E-state index in [1.54, 1.807) is 54.6 Å². The number of benzene rings is 3. The minimum atomic E-state index is -1.03. The van der Waals surface area contributed by atoms with Crippen molar-refractivity contribution in [1.82, 2.24) is 14.8 Å². The number of aromatic hydroxyl groups is 2. The summed E-state index contributed by atoms with van der Waals surface area (Å²) in [6.45, 7) is 0. The fraction of sp³-hybridized carbons (Fsp3) is 0. The molecule has 0 saturated carbocycles. The van der Waals surface area contributed by atoms with Gasteiger partial charge in [-0.25, -0.2) is 14.5 Å². The molecule has 138 valence electrons. The summed E-state index contributed by atoms with van der Waals surface area (Å²) in [6, 6.07) is 19.5. The monoisotopic (exact) mass is 397 g/mol. The predicted molar refractivity (Wildman–Crippen MR) is 108 cm³/mol. The Labute approximate surface area is 182 Å². The van der Waals surface area contributed by atoms with Crippen LogP contribution in [0.5, 0.6) is 11.5 Å². The Morgan fingerprint density at radius 2 is 1.34 bits per heavy atom. The third-order valence-electron chi connectivity index (χ3n) is 4.26. The quantitative estimate of drug-likeness (QED) is 0.456. The van der Waals surface area contributed by atoms with Gasteiger partial charge in [0, 0.05) is 0 Å². The first-order valence-corrected chi connectivity index (χ1v) is 8.42. The van der Waals surface area contributed by atoms with E-state index < -0.39 is 5.97 Å². The van der Waals surface area contributed by atoms with E-state index in [9.17, 15) is 15.0 Å². The van der Waals surface area contributed by atoms with Crippen molar-refractivity contribution in [3.05, 3.63) is 78.4 Å². The number of carbonyl (C=O) groups is 1. The number of nitrogens with zero attached hydrogens (tertiary/aromatic N) is 3. The Hall–Kier alpha value is -3.36. The van der Waals surface area contributed by atoms with Crippen LogP contribution in [-0.2, 0) is 0 Å². The first-order valence-electron chi connectivity index (χ1n) is 8.42. The van der Waals surface area contributed by atoms with Crippen molar-refractivity contribution < 1.29 is 20.1 Å². The van der Waals surface area contributed by atoms with Crippen molar-refractivity contribution in [3.63, 3.8) is 0 Å². The van der Waals surface area contributed by atoms with Gasteiger partial charge in [0.05, 0.1) is 22.4 Å². The Morgan fingerprint density at radius 3 is 1.90 bits per heavy atom. The van der Waals surface area contributed by atoms with Crippen LogP contribution in [0, 0.1) is 0 Å². The van der Waals surface area contributed by atoms with E-state index in [1.165, 1.54) is 22.9 Å². The molecule has 3 N–H and O–H groups in total. The van der Waals surface area contributed by atoms with Crippen LogP contribution in [0.3, 0.4) is 0 Å². The standard InChI is InChI=1S/C21H15N3O4.Mg/c25-17-7-3-1-5-15(17)19-22-20(16-6-2-4-8-18(16)26)24(23-19)14-11-9-13(10-12-14)21(27)28;/h1-12,25-26H,(H,27,28);/q;+2. The number of rotatable bonds is 4. The average Bonchev–Trinajstić information content (AvgIpc) is 3.13. The summed E-state index contributed by atoms with van der Waals surface area (Å²) < 4.78 is 1.50. The normalized spacial score (nSPS) is 10.3. The van der Waals surface area contributed by atoms with Crippen LogP contribution in [0.4, 0.5) is 0 Å². The minimum Gasteiger partial charge on any atom is -0.507 e. The van der Waals surface area contributed by atoms with Crippen molar-refractivity contribution in [2.45, 2.75) is 0 Å². The number of hydrogen-bond acceptors (Lipinski definition) is 5. The first kappa shape index (κ1) is 20.4. The molecule has 3 aromatic carbocycles. The largest absolute Gasteiger partial charge is 2.00 e. The second-order valence-corrected chi connectivity index (χ2v) is 6.06. The summed E-state index contributed by atoms with van der Waals surface area (Å²) in [5, 5.41) is 34.0. The Morgan fingerprint density at radius 1 is 0.793 bits per heavy atom. The zero-order chi connectivity index (χ0) is 19.7. The van der Waals surface area contributed by atoms with Gasteiger partial charge in [0.15, 0.2) is 11.6 Å². The molecule has 0 bridgehead atoms. The SMILES string of the molecule is O=C(O)c1ccc(-n2nc(-c3ccccc3O)nc2-c2ccccc2O)cc1.[Mg+2]. The second-order valence-electron chi connectivity index (χ2n) is 6.06. The number of hydrogen-bond donors (Lipinski definition) is 3. The molecule has 0 spiro atoms. The molecule has 0 aliphatic rings. The van der Waals surface area contributed by atoms with Crippen LogP contribution in [0.15, 0.2) is 72.8 Å². The van der Waals surface area contributed by atoms with E-state index in [0.29, 0.717) is 22.6 Å². The Kier molecular flexibility index (Phi) is 5.86. The van der Waals surface area contributed by atoms with Gasteiger partial charge in [0.1, 0.15) is 11.5 Å². The average molecular weight is 398 g/mol. The van der Waals surface area contributed by atoms with Gasteiger partial charge in [-0.05, 0) is 48.5 Å². The maximum Gasteiger partial charge on any atom is 2.00 e. The van der Waals surface area contributed by atoms with Crippen LogP contribution in [0.2, 0.25) is 0 Å². The summed E-state index contributed by atoms with van der Waals surface area (Å²) >= 11 is 0. The number of para-hydroxylation sites is 2. The van der Waals surface area contributed by atoms with Crippen molar-refractivity contribution in [2.75, 3.05) is 0 Å². The molecule has 4 aromatic rings. The number of carboxylic acid groups (broad SMARTS) is 1. The number of carboxylic acids is 1. The maximum atomic E-state index is 11.1. The van der Waals surface area contributed by atoms with Gasteiger partial charge in [-0.15, -0.1) is 5.10 Å². The fourth-order valence-electron chi connectivity index (χ4n) is 2.85. The van der Waals surface area contributed by atoms with Gasteiger partial charge in [-0.1, -0.05) is 24.3 Å². The Bertz CT molecular complexity index is 1170. The summed E-state index contributed by atoms with van der Waals surface area (Å²) in [5.74, 6) is -0.328. The van der Waals surface area contributed by atoms with Gasteiger partial charge in [0.2, 0.25) is 0 Å². The van der Waals surface area contributed by atoms with Gasteiger partial charge in [-0.3, -0.25) is 0 Å². The van der Waals surface area contributed by atoms with E-state index in [2.05, 4.69) is 10.1 Å². The predicted octanol–water partition coefficient (Wildman–Crippen LogP) is 3.33. The molecule has 7 nitrogen and oxygen atoms in total. The topological polar surface area (TPSA) is 108 Å². The molecule has 4 rings (SSSR count). The van der Waals surface area contributed by atoms with Gasteiger partial charge < -0.3 is 15.3 Å². The zero-order valence-corrected chi connectivity index (χ0v) is 16.6. The molecule has 0 aliphatic heterocycles. The summed E-state index contributed by atoms with van der Waals surface area (Å²) in [4.78, 5) is 15.6. The molecule has 0 atom stereocenters. The molecular weight excluding hydrogens is 383 g/mol. The van der Waals surface area contributed by atoms with Crippen molar-refractivity contribution in [2.24, 2.45) is 0 Å². The number of aromatic nitrogens is 3. The first-order chi connectivity index (χ1) is 13.5. The van der Waals surface area contributed by atoms with Crippen LogP contribution in [0.1, 0.15) is 10.4 Å². The molecule has 0 fully saturated rings. The number of phenolic OH excluding ortho intramolecular Hbond substituents is 2. The third-order valence-corrected chi connectivity index (χ3v) is 4.26. The van der Waals surface area contributed by atoms with Crippen LogP contribution in [0.25, 0.3) is 28.5 Å². The smallest absolute Gasteiger partial charge is 0.507 e. The maximum absolute atomic E-state index is 11.1. The molecule has 1 heterocycles. The van der Waals surface area contributed by atoms with E-state index in [-0.39, 0.29) is 45.9 Å². The molecule has 0 unspecified atom stereocenters. The van der Waals surface area contributed by atoms with Gasteiger partial charge in [0.25, 0.3) is 0 Å². The molecule has 29 heavy (non-hydrogen) atoms. The van der Waals surface area contributed by atoms with E-state index in [0.717, 1.165) is 0 Å². The molecule has 1 aromatic heterocycles. The molecule has 8 heteroatoms. The number of aromatic carboxylic acids is 1. The summed E-state index contributed by atoms with van der Waals surface area (Å²) in [6.07, 6.45) is 0. The second kappa shape index (κ2) is 8.33. The molecule has 0 radical (unpaired) electrons.